The number of aliphatic hydroxyl groups is 1. The van der Waals surface area contributed by atoms with E-state index < -0.39 is 15.6 Å². The van der Waals surface area contributed by atoms with E-state index in [-0.39, 0.29) is 0 Å². The van der Waals surface area contributed by atoms with E-state index in [9.17, 15) is 13.5 Å². The number of aryl methyl sites for hydroxylation is 1. The molecule has 2 rings (SSSR count). The van der Waals surface area contributed by atoms with Gasteiger partial charge in [0.1, 0.15) is 0 Å². The number of hydrogen-bond donors (Lipinski definition) is 1. The summed E-state index contributed by atoms with van der Waals surface area (Å²) in [7, 11) is -3.48. The Balaban J connectivity index is 2.28. The van der Waals surface area contributed by atoms with Crippen LogP contribution in [0.1, 0.15) is 25.3 Å². The maximum Gasteiger partial charge on any atom is 0.244 e. The van der Waals surface area contributed by atoms with E-state index >= 15 is 0 Å². The third-order valence-electron chi connectivity index (χ3n) is 3.50. The van der Waals surface area contributed by atoms with Crippen molar-refractivity contribution in [1.29, 1.82) is 0 Å². The van der Waals surface area contributed by atoms with Crippen molar-refractivity contribution in [3.05, 3.63) is 28.2 Å². The summed E-state index contributed by atoms with van der Waals surface area (Å²) in [6.07, 6.45) is 0.936. The van der Waals surface area contributed by atoms with E-state index in [1.807, 2.05) is 6.92 Å². The zero-order valence-electron chi connectivity index (χ0n) is 11.1. The molecule has 4 nitrogen and oxygen atoms in total. The van der Waals surface area contributed by atoms with Crippen LogP contribution in [0.25, 0.3) is 0 Å². The largest absolute Gasteiger partial charge is 0.390 e. The molecular weight excluding hydrogens is 330 g/mol. The van der Waals surface area contributed by atoms with Gasteiger partial charge in [0.05, 0.1) is 10.5 Å². The molecule has 1 N–H and O–H groups in total. The van der Waals surface area contributed by atoms with Gasteiger partial charge in [0, 0.05) is 17.6 Å². The summed E-state index contributed by atoms with van der Waals surface area (Å²) in [6.45, 7) is 4.38. The van der Waals surface area contributed by atoms with Gasteiger partial charge in [-0.15, -0.1) is 0 Å². The zero-order valence-corrected chi connectivity index (χ0v) is 13.5. The Morgan fingerprint density at radius 3 is 2.42 bits per heavy atom. The van der Waals surface area contributed by atoms with Crippen molar-refractivity contribution in [1.82, 2.24) is 4.31 Å². The highest BCUT2D eigenvalue weighted by atomic mass is 79.9. The lowest BCUT2D eigenvalue weighted by Crippen LogP contribution is -2.45. The molecule has 106 valence electrons. The summed E-state index contributed by atoms with van der Waals surface area (Å²) in [5.74, 6) is 0. The quantitative estimate of drug-likeness (QED) is 0.892. The van der Waals surface area contributed by atoms with Gasteiger partial charge in [-0.25, -0.2) is 8.42 Å². The van der Waals surface area contributed by atoms with E-state index in [0.717, 1.165) is 5.56 Å². The zero-order chi connectivity index (χ0) is 14.3. The Labute approximate surface area is 122 Å². The second-order valence-electron chi connectivity index (χ2n) is 5.33. The predicted molar refractivity (Wildman–Crippen MR) is 77.5 cm³/mol. The molecule has 0 bridgehead atoms. The van der Waals surface area contributed by atoms with Crippen LogP contribution in [-0.4, -0.2) is 36.5 Å². The highest BCUT2D eigenvalue weighted by Crippen LogP contribution is 2.30. The summed E-state index contributed by atoms with van der Waals surface area (Å²) in [6, 6.07) is 5.21. The van der Waals surface area contributed by atoms with Crippen LogP contribution >= 0.6 is 15.9 Å². The van der Waals surface area contributed by atoms with Crippen molar-refractivity contribution < 1.29 is 13.5 Å². The molecule has 0 atom stereocenters. The minimum Gasteiger partial charge on any atom is -0.390 e. The molecule has 0 saturated carbocycles. The van der Waals surface area contributed by atoms with Gasteiger partial charge in [-0.3, -0.25) is 0 Å². The minimum atomic E-state index is -3.48. The van der Waals surface area contributed by atoms with Gasteiger partial charge in [0.15, 0.2) is 0 Å². The van der Waals surface area contributed by atoms with Gasteiger partial charge in [-0.05, 0) is 60.3 Å². The van der Waals surface area contributed by atoms with E-state index in [2.05, 4.69) is 15.9 Å². The normalized spacial score (nSPS) is 20.4. The van der Waals surface area contributed by atoms with Crippen LogP contribution in [0.4, 0.5) is 0 Å². The lowest BCUT2D eigenvalue weighted by Gasteiger charge is -2.35. The summed E-state index contributed by atoms with van der Waals surface area (Å²) in [5.41, 5.74) is 0.253. The van der Waals surface area contributed by atoms with Crippen LogP contribution in [0, 0.1) is 6.92 Å². The van der Waals surface area contributed by atoms with Crippen LogP contribution in [0.3, 0.4) is 0 Å². The molecule has 0 unspecified atom stereocenters. The summed E-state index contributed by atoms with van der Waals surface area (Å²) < 4.78 is 27.1. The number of rotatable bonds is 2. The monoisotopic (exact) mass is 347 g/mol. The topological polar surface area (TPSA) is 57.6 Å². The Hall–Kier alpha value is -0.430. The second kappa shape index (κ2) is 5.16. The third kappa shape index (κ3) is 3.18. The number of piperidine rings is 1. The predicted octanol–water partition coefficient (Wildman–Crippen LogP) is 2.29. The van der Waals surface area contributed by atoms with Crippen molar-refractivity contribution in [2.75, 3.05) is 13.1 Å². The first kappa shape index (κ1) is 15.0. The van der Waals surface area contributed by atoms with Crippen LogP contribution in [0.15, 0.2) is 27.6 Å². The molecule has 0 aliphatic carbocycles. The average molecular weight is 348 g/mol. The molecule has 0 spiro atoms. The number of benzene rings is 1. The first-order valence-corrected chi connectivity index (χ1v) is 8.44. The number of hydrogen-bond acceptors (Lipinski definition) is 3. The minimum absolute atomic E-state index is 0.291. The SMILES string of the molecule is Cc1ccc(S(=O)(=O)N2CCC(C)(O)CC2)c(Br)c1. The standard InChI is InChI=1S/C13H18BrNO3S/c1-10-3-4-12(11(14)9-10)19(17,18)15-7-5-13(2,16)6-8-15/h3-4,9,16H,5-8H2,1-2H3. The second-order valence-corrected chi connectivity index (χ2v) is 8.10. The van der Waals surface area contributed by atoms with Gasteiger partial charge >= 0.3 is 0 Å². The maximum absolute atomic E-state index is 12.5. The lowest BCUT2D eigenvalue weighted by atomic mass is 9.95. The Bertz CT molecular complexity index is 574. The fraction of sp³-hybridized carbons (Fsp3) is 0.538. The fourth-order valence-corrected chi connectivity index (χ4v) is 4.76. The molecule has 1 saturated heterocycles. The Morgan fingerprint density at radius 1 is 1.32 bits per heavy atom. The highest BCUT2D eigenvalue weighted by Gasteiger charge is 2.34. The highest BCUT2D eigenvalue weighted by molar-refractivity contribution is 9.10. The molecule has 1 aromatic carbocycles. The number of halogens is 1. The van der Waals surface area contributed by atoms with Crippen LogP contribution in [0.5, 0.6) is 0 Å². The molecule has 1 aliphatic rings. The lowest BCUT2D eigenvalue weighted by molar-refractivity contribution is 0.0126. The van der Waals surface area contributed by atoms with Crippen LogP contribution in [0.2, 0.25) is 0 Å². The van der Waals surface area contributed by atoms with E-state index in [0.29, 0.717) is 35.3 Å². The van der Waals surface area contributed by atoms with Gasteiger partial charge in [-0.2, -0.15) is 4.31 Å². The molecule has 0 aromatic heterocycles. The summed E-state index contributed by atoms with van der Waals surface area (Å²) in [4.78, 5) is 0.291. The van der Waals surface area contributed by atoms with Crippen molar-refractivity contribution in [2.24, 2.45) is 0 Å². The van der Waals surface area contributed by atoms with Crippen molar-refractivity contribution in [2.45, 2.75) is 37.2 Å². The molecule has 0 radical (unpaired) electrons. The summed E-state index contributed by atoms with van der Waals surface area (Å²) >= 11 is 3.32. The van der Waals surface area contributed by atoms with Gasteiger partial charge < -0.3 is 5.11 Å². The van der Waals surface area contributed by atoms with Crippen LogP contribution in [-0.2, 0) is 10.0 Å². The Morgan fingerprint density at radius 2 is 1.89 bits per heavy atom. The number of sulfonamides is 1. The van der Waals surface area contributed by atoms with Crippen molar-refractivity contribution in [3.63, 3.8) is 0 Å². The van der Waals surface area contributed by atoms with E-state index in [4.69, 9.17) is 0 Å². The maximum atomic E-state index is 12.5. The fourth-order valence-electron chi connectivity index (χ4n) is 2.16. The smallest absolute Gasteiger partial charge is 0.244 e. The third-order valence-corrected chi connectivity index (χ3v) is 6.38. The Kier molecular flexibility index (Phi) is 4.07. The van der Waals surface area contributed by atoms with Gasteiger partial charge in [0.2, 0.25) is 10.0 Å². The van der Waals surface area contributed by atoms with Gasteiger partial charge in [0.25, 0.3) is 0 Å². The first-order valence-electron chi connectivity index (χ1n) is 6.21. The van der Waals surface area contributed by atoms with Gasteiger partial charge in [-0.1, -0.05) is 6.07 Å². The molecule has 1 fully saturated rings. The molecular formula is C13H18BrNO3S. The van der Waals surface area contributed by atoms with Crippen molar-refractivity contribution in [3.8, 4) is 0 Å². The molecule has 1 heterocycles. The van der Waals surface area contributed by atoms with Crippen molar-refractivity contribution >= 4 is 26.0 Å². The molecule has 1 aromatic rings. The molecule has 6 heteroatoms. The number of nitrogens with zero attached hydrogens (tertiary/aromatic N) is 1. The molecule has 1 aliphatic heterocycles. The molecule has 0 amide bonds. The first-order chi connectivity index (χ1) is 8.72. The van der Waals surface area contributed by atoms with E-state index in [1.54, 1.807) is 25.1 Å². The average Bonchev–Trinajstić information content (AvgIpc) is 2.27. The molecule has 19 heavy (non-hydrogen) atoms. The van der Waals surface area contributed by atoms with E-state index in [1.165, 1.54) is 4.31 Å². The van der Waals surface area contributed by atoms with Crippen LogP contribution < -0.4 is 0 Å². The summed E-state index contributed by atoms with van der Waals surface area (Å²) in [5, 5.41) is 9.89.